The fraction of sp³-hybridized carbons (Fsp3) is 0.343. The van der Waals surface area contributed by atoms with Crippen LogP contribution in [0, 0.1) is 11.8 Å². The van der Waals surface area contributed by atoms with E-state index in [1.165, 1.54) is 0 Å². The summed E-state index contributed by atoms with van der Waals surface area (Å²) in [6.07, 6.45) is 9.32. The minimum Gasteiger partial charge on any atom is -0.396 e. The second kappa shape index (κ2) is 11.3. The quantitative estimate of drug-likeness (QED) is 0.324. The van der Waals surface area contributed by atoms with Crippen LogP contribution in [0.4, 0.5) is 5.69 Å². The van der Waals surface area contributed by atoms with Crippen LogP contribution in [0.5, 0.6) is 0 Å². The van der Waals surface area contributed by atoms with Crippen molar-refractivity contribution in [2.45, 2.75) is 35.4 Å². The number of hydrogen-bond donors (Lipinski definition) is 1. The number of thioether (sulfide) groups is 1. The minimum atomic E-state index is -0.857. The summed E-state index contributed by atoms with van der Waals surface area (Å²) < 4.78 is -0.857. The molecular weight excluding hydrogens is 558 g/mol. The number of aliphatic hydroxyl groups is 1. The molecule has 0 aromatic heterocycles. The van der Waals surface area contributed by atoms with Gasteiger partial charge in [0.05, 0.1) is 16.6 Å². The lowest BCUT2D eigenvalue weighted by Crippen LogP contribution is -2.53. The molecule has 3 amide bonds. The normalized spacial score (nSPS) is 28.2. The van der Waals surface area contributed by atoms with Crippen LogP contribution in [0.1, 0.15) is 18.4 Å². The third-order valence-corrected chi connectivity index (χ3v) is 11.1. The summed E-state index contributed by atoms with van der Waals surface area (Å²) >= 11 is 1.61. The number of carbonyl (C=O) groups excluding carboxylic acids is 3. The van der Waals surface area contributed by atoms with Gasteiger partial charge in [-0.1, -0.05) is 85.0 Å². The first-order chi connectivity index (χ1) is 21.0. The Morgan fingerprint density at radius 2 is 1.63 bits per heavy atom. The van der Waals surface area contributed by atoms with Gasteiger partial charge in [0.1, 0.15) is 6.04 Å². The maximum absolute atomic E-state index is 14.7. The van der Waals surface area contributed by atoms with Gasteiger partial charge in [0.15, 0.2) is 0 Å². The summed E-state index contributed by atoms with van der Waals surface area (Å²) in [6, 6.07) is 23.3. The van der Waals surface area contributed by atoms with E-state index in [0.29, 0.717) is 39.0 Å². The second-order valence-electron chi connectivity index (χ2n) is 11.8. The van der Waals surface area contributed by atoms with E-state index < -0.39 is 22.6 Å². The Kier molecular flexibility index (Phi) is 7.35. The molecule has 0 bridgehead atoms. The van der Waals surface area contributed by atoms with E-state index in [1.807, 2.05) is 89.8 Å². The average molecular weight is 594 g/mol. The number of hydrogen-bond acceptors (Lipinski definition) is 5. The van der Waals surface area contributed by atoms with E-state index >= 15 is 0 Å². The Balaban J connectivity index is 1.27. The van der Waals surface area contributed by atoms with Crippen LogP contribution in [0.3, 0.4) is 0 Å². The summed E-state index contributed by atoms with van der Waals surface area (Å²) in [5.74, 6) is -1.50. The number of benzene rings is 3. The van der Waals surface area contributed by atoms with E-state index in [1.54, 1.807) is 21.6 Å². The predicted molar refractivity (Wildman–Crippen MR) is 169 cm³/mol. The number of anilines is 1. The highest BCUT2D eigenvalue weighted by Gasteiger charge is 2.70. The number of likely N-dealkylation sites (tertiary alicyclic amines) is 1. The molecule has 8 heteroatoms. The van der Waals surface area contributed by atoms with Crippen LogP contribution in [-0.2, 0) is 20.9 Å². The molecule has 0 radical (unpaired) electrons. The van der Waals surface area contributed by atoms with Gasteiger partial charge in [0.25, 0.3) is 5.91 Å². The molecule has 4 aliphatic heterocycles. The summed E-state index contributed by atoms with van der Waals surface area (Å²) in [5, 5.41) is 11.4. The van der Waals surface area contributed by atoms with Crippen molar-refractivity contribution < 1.29 is 19.5 Å². The van der Waals surface area contributed by atoms with Gasteiger partial charge in [-0.3, -0.25) is 14.4 Å². The van der Waals surface area contributed by atoms with Crippen LogP contribution in [-0.4, -0.2) is 74.9 Å². The van der Waals surface area contributed by atoms with Crippen molar-refractivity contribution in [3.05, 3.63) is 103 Å². The van der Waals surface area contributed by atoms with Crippen LogP contribution in [0.2, 0.25) is 0 Å². The van der Waals surface area contributed by atoms with E-state index in [9.17, 15) is 19.5 Å². The van der Waals surface area contributed by atoms with Crippen molar-refractivity contribution in [3.63, 3.8) is 0 Å². The lowest BCUT2D eigenvalue weighted by molar-refractivity contribution is -0.143. The standard InChI is InChI=1S/C35H35N3O4S/c39-21-7-6-19-38-31-34(42)37(27-16-15-25-12-4-5-13-26(25)22-27)20-9-17-35(31)30(33(38)41)29-28(43-35)14-8-18-36(32(29)40)23-24-10-2-1-3-11-24/h1-5,8-17,22,28-31,39H,6-7,18-21,23H2/t28-,29+,30+,31?,35+/m1/s1. The molecule has 3 aromatic rings. The van der Waals surface area contributed by atoms with Gasteiger partial charge in [-0.05, 0) is 41.3 Å². The number of unbranched alkanes of at least 4 members (excludes halogenated alkanes) is 1. The van der Waals surface area contributed by atoms with Crippen molar-refractivity contribution in [1.29, 1.82) is 0 Å². The fourth-order valence-corrected chi connectivity index (χ4v) is 9.35. The van der Waals surface area contributed by atoms with E-state index in [0.717, 1.165) is 22.0 Å². The largest absolute Gasteiger partial charge is 0.396 e. The SMILES string of the molecule is O=C1[C@@H]2[C@H]3C(=O)N(CCCCO)C4C(=O)N(c5ccc6ccccc6c5)CC=C[C@@]43S[C@@H]2C=CCN1Cc1ccccc1. The van der Waals surface area contributed by atoms with E-state index in [2.05, 4.69) is 12.2 Å². The molecule has 43 heavy (non-hydrogen) atoms. The summed E-state index contributed by atoms with van der Waals surface area (Å²) in [4.78, 5) is 48.7. The third-order valence-electron chi connectivity index (χ3n) is 9.31. The molecule has 7 nitrogen and oxygen atoms in total. The molecular formula is C35H35N3O4S. The number of fused-ring (bicyclic) bond motifs is 3. The van der Waals surface area contributed by atoms with E-state index in [4.69, 9.17) is 0 Å². The number of amides is 3. The molecule has 220 valence electrons. The van der Waals surface area contributed by atoms with Crippen LogP contribution < -0.4 is 4.90 Å². The van der Waals surface area contributed by atoms with Crippen molar-refractivity contribution in [2.75, 3.05) is 31.1 Å². The highest BCUT2D eigenvalue weighted by molar-refractivity contribution is 8.02. The molecule has 7 rings (SSSR count). The third kappa shape index (κ3) is 4.68. The van der Waals surface area contributed by atoms with E-state index in [-0.39, 0.29) is 29.6 Å². The highest BCUT2D eigenvalue weighted by Crippen LogP contribution is 2.61. The van der Waals surface area contributed by atoms with Gasteiger partial charge in [0, 0.05) is 43.7 Å². The molecule has 2 fully saturated rings. The molecule has 3 aromatic carbocycles. The van der Waals surface area contributed by atoms with Crippen LogP contribution in [0.15, 0.2) is 97.1 Å². The number of rotatable bonds is 7. The van der Waals surface area contributed by atoms with Crippen LogP contribution in [0.25, 0.3) is 10.8 Å². The number of nitrogens with zero attached hydrogens (tertiary/aromatic N) is 3. The summed E-state index contributed by atoms with van der Waals surface area (Å²) in [7, 11) is 0. The fourth-order valence-electron chi connectivity index (χ4n) is 7.35. The Bertz CT molecular complexity index is 1620. The molecule has 1 unspecified atom stereocenters. The van der Waals surface area contributed by atoms with Crippen LogP contribution >= 0.6 is 11.8 Å². The molecule has 5 atom stereocenters. The molecule has 2 saturated heterocycles. The Morgan fingerprint density at radius 1 is 0.837 bits per heavy atom. The monoisotopic (exact) mass is 593 g/mol. The first kappa shape index (κ1) is 27.9. The minimum absolute atomic E-state index is 0.0233. The Labute approximate surface area is 255 Å². The maximum Gasteiger partial charge on any atom is 0.251 e. The number of aliphatic hydroxyl groups excluding tert-OH is 1. The topological polar surface area (TPSA) is 81.2 Å². The zero-order valence-corrected chi connectivity index (χ0v) is 24.7. The molecule has 4 heterocycles. The second-order valence-corrected chi connectivity index (χ2v) is 13.3. The van der Waals surface area contributed by atoms with Crippen molar-refractivity contribution in [1.82, 2.24) is 9.80 Å². The zero-order valence-electron chi connectivity index (χ0n) is 23.9. The molecule has 0 saturated carbocycles. The lowest BCUT2D eigenvalue weighted by atomic mass is 9.78. The van der Waals surface area contributed by atoms with Crippen molar-refractivity contribution >= 4 is 45.9 Å². The maximum atomic E-state index is 14.7. The average Bonchev–Trinajstić information content (AvgIpc) is 3.34. The lowest BCUT2D eigenvalue weighted by Gasteiger charge is -2.35. The first-order valence-electron chi connectivity index (χ1n) is 15.1. The molecule has 1 spiro atoms. The molecule has 4 aliphatic rings. The molecule has 1 N–H and O–H groups in total. The van der Waals surface area contributed by atoms with Crippen molar-refractivity contribution in [2.24, 2.45) is 11.8 Å². The van der Waals surface area contributed by atoms with Crippen molar-refractivity contribution in [3.8, 4) is 0 Å². The Hall–Kier alpha value is -3.88. The highest BCUT2D eigenvalue weighted by atomic mass is 32.2. The Morgan fingerprint density at radius 3 is 2.44 bits per heavy atom. The number of carbonyl (C=O) groups is 3. The van der Waals surface area contributed by atoms with Gasteiger partial charge in [-0.25, -0.2) is 0 Å². The summed E-state index contributed by atoms with van der Waals surface area (Å²) in [6.45, 7) is 1.74. The van der Waals surface area contributed by atoms with Gasteiger partial charge in [-0.15, -0.1) is 11.8 Å². The van der Waals surface area contributed by atoms with Gasteiger partial charge in [-0.2, -0.15) is 0 Å². The van der Waals surface area contributed by atoms with Gasteiger partial charge in [0.2, 0.25) is 11.8 Å². The smallest absolute Gasteiger partial charge is 0.251 e. The predicted octanol–water partition coefficient (Wildman–Crippen LogP) is 4.41. The summed E-state index contributed by atoms with van der Waals surface area (Å²) in [5.41, 5.74) is 1.83. The first-order valence-corrected chi connectivity index (χ1v) is 16.0. The van der Waals surface area contributed by atoms with Gasteiger partial charge >= 0.3 is 0 Å². The zero-order chi connectivity index (χ0) is 29.6. The van der Waals surface area contributed by atoms with Gasteiger partial charge < -0.3 is 19.8 Å². The molecule has 0 aliphatic carbocycles.